The Morgan fingerprint density at radius 1 is 1.50 bits per heavy atom. The van der Waals surface area contributed by atoms with Crippen molar-refractivity contribution in [1.82, 2.24) is 5.32 Å². The Hall–Kier alpha value is -1.42. The van der Waals surface area contributed by atoms with Crippen molar-refractivity contribution in [2.24, 2.45) is 5.92 Å². The van der Waals surface area contributed by atoms with Crippen LogP contribution < -0.4 is 5.32 Å². The summed E-state index contributed by atoms with van der Waals surface area (Å²) in [6.07, 6.45) is 0. The first-order valence-electron chi connectivity index (χ1n) is 6.27. The number of carbonyl (C=O) groups is 1. The standard InChI is InChI=1S/C14H18FNO2/c1-3-18-14(17)13-8-16-7-12(13)11-6-10(15)5-4-9(11)2/h4-6,12-13,16H,3,7-8H2,1-2H3/t12-,13+/m0/s1. The number of esters is 1. The van der Waals surface area contributed by atoms with Crippen LogP contribution in [0.25, 0.3) is 0 Å². The van der Waals surface area contributed by atoms with Crippen molar-refractivity contribution in [2.45, 2.75) is 19.8 Å². The fraction of sp³-hybridized carbons (Fsp3) is 0.500. The lowest BCUT2D eigenvalue weighted by Crippen LogP contribution is -2.24. The quantitative estimate of drug-likeness (QED) is 0.835. The Bertz CT molecular complexity index is 447. The number of nitrogens with one attached hydrogen (secondary N) is 1. The molecule has 0 radical (unpaired) electrons. The normalized spacial score (nSPS) is 23.1. The zero-order chi connectivity index (χ0) is 13.1. The van der Waals surface area contributed by atoms with Crippen molar-refractivity contribution < 1.29 is 13.9 Å². The van der Waals surface area contributed by atoms with E-state index in [1.165, 1.54) is 12.1 Å². The van der Waals surface area contributed by atoms with Gasteiger partial charge in [-0.3, -0.25) is 4.79 Å². The first kappa shape index (κ1) is 13.0. The topological polar surface area (TPSA) is 38.3 Å². The fourth-order valence-electron chi connectivity index (χ4n) is 2.51. The summed E-state index contributed by atoms with van der Waals surface area (Å²) in [6, 6.07) is 4.73. The molecule has 3 nitrogen and oxygen atoms in total. The minimum Gasteiger partial charge on any atom is -0.466 e. The van der Waals surface area contributed by atoms with Crippen LogP contribution in [0.15, 0.2) is 18.2 Å². The van der Waals surface area contributed by atoms with Crippen molar-refractivity contribution in [3.63, 3.8) is 0 Å². The molecule has 0 aromatic heterocycles. The monoisotopic (exact) mass is 251 g/mol. The zero-order valence-corrected chi connectivity index (χ0v) is 10.7. The molecule has 98 valence electrons. The number of ether oxygens (including phenoxy) is 1. The van der Waals surface area contributed by atoms with E-state index in [-0.39, 0.29) is 23.6 Å². The third-order valence-corrected chi connectivity index (χ3v) is 3.44. The molecule has 1 heterocycles. The maximum absolute atomic E-state index is 13.3. The van der Waals surface area contributed by atoms with Gasteiger partial charge in [-0.1, -0.05) is 6.07 Å². The highest BCUT2D eigenvalue weighted by Crippen LogP contribution is 2.31. The highest BCUT2D eigenvalue weighted by molar-refractivity contribution is 5.74. The molecule has 1 aromatic carbocycles. The molecule has 2 rings (SSSR count). The Balaban J connectivity index is 2.25. The highest BCUT2D eigenvalue weighted by atomic mass is 19.1. The van der Waals surface area contributed by atoms with Crippen LogP contribution in [-0.4, -0.2) is 25.7 Å². The number of rotatable bonds is 3. The molecule has 4 heteroatoms. The van der Waals surface area contributed by atoms with Crippen LogP contribution >= 0.6 is 0 Å². The first-order valence-corrected chi connectivity index (χ1v) is 6.27. The van der Waals surface area contributed by atoms with Crippen LogP contribution in [0.2, 0.25) is 0 Å². The first-order chi connectivity index (χ1) is 8.63. The molecule has 0 unspecified atom stereocenters. The van der Waals surface area contributed by atoms with Gasteiger partial charge in [0.15, 0.2) is 0 Å². The van der Waals surface area contributed by atoms with Gasteiger partial charge in [0.2, 0.25) is 0 Å². The SMILES string of the molecule is CCOC(=O)[C@@H]1CNC[C@H]1c1cc(F)ccc1C. The van der Waals surface area contributed by atoms with E-state index in [9.17, 15) is 9.18 Å². The third-order valence-electron chi connectivity index (χ3n) is 3.44. The number of benzene rings is 1. The van der Waals surface area contributed by atoms with Crippen molar-refractivity contribution in [1.29, 1.82) is 0 Å². The molecular weight excluding hydrogens is 233 g/mol. The number of carbonyl (C=O) groups excluding carboxylic acids is 1. The summed E-state index contributed by atoms with van der Waals surface area (Å²) in [5.74, 6) is -0.675. The molecule has 1 aliphatic rings. The van der Waals surface area contributed by atoms with Crippen molar-refractivity contribution in [3.05, 3.63) is 35.1 Å². The van der Waals surface area contributed by atoms with Gasteiger partial charge in [-0.05, 0) is 37.1 Å². The summed E-state index contributed by atoms with van der Waals surface area (Å²) in [7, 11) is 0. The summed E-state index contributed by atoms with van der Waals surface area (Å²) in [4.78, 5) is 11.9. The summed E-state index contributed by atoms with van der Waals surface area (Å²) < 4.78 is 18.4. The van der Waals surface area contributed by atoms with E-state index in [1.807, 2.05) is 6.92 Å². The predicted molar refractivity (Wildman–Crippen MR) is 66.9 cm³/mol. The lowest BCUT2D eigenvalue weighted by Gasteiger charge is -2.19. The van der Waals surface area contributed by atoms with Crippen molar-refractivity contribution in [3.8, 4) is 0 Å². The Kier molecular flexibility index (Phi) is 3.97. The van der Waals surface area contributed by atoms with Gasteiger partial charge in [0, 0.05) is 19.0 Å². The maximum atomic E-state index is 13.3. The molecular formula is C14H18FNO2. The molecule has 0 saturated carbocycles. The van der Waals surface area contributed by atoms with Gasteiger partial charge in [0.05, 0.1) is 12.5 Å². The zero-order valence-electron chi connectivity index (χ0n) is 10.7. The second kappa shape index (κ2) is 5.48. The minimum atomic E-state index is -0.259. The molecule has 0 spiro atoms. The lowest BCUT2D eigenvalue weighted by atomic mass is 9.86. The van der Waals surface area contributed by atoms with Gasteiger partial charge < -0.3 is 10.1 Å². The van der Waals surface area contributed by atoms with E-state index in [1.54, 1.807) is 13.0 Å². The second-order valence-electron chi connectivity index (χ2n) is 4.62. The largest absolute Gasteiger partial charge is 0.466 e. The number of hydrogen-bond donors (Lipinski definition) is 1. The molecule has 2 atom stereocenters. The van der Waals surface area contributed by atoms with E-state index in [0.29, 0.717) is 19.7 Å². The molecule has 1 N–H and O–H groups in total. The van der Waals surface area contributed by atoms with Gasteiger partial charge in [0.25, 0.3) is 0 Å². The maximum Gasteiger partial charge on any atom is 0.310 e. The Morgan fingerprint density at radius 2 is 2.28 bits per heavy atom. The number of aryl methyl sites for hydroxylation is 1. The van der Waals surface area contributed by atoms with Crippen LogP contribution in [0.1, 0.15) is 24.0 Å². The Morgan fingerprint density at radius 3 is 3.00 bits per heavy atom. The molecule has 18 heavy (non-hydrogen) atoms. The van der Waals surface area contributed by atoms with E-state index in [4.69, 9.17) is 4.74 Å². The average Bonchev–Trinajstić information content (AvgIpc) is 2.81. The van der Waals surface area contributed by atoms with Crippen LogP contribution in [0, 0.1) is 18.7 Å². The van der Waals surface area contributed by atoms with E-state index < -0.39 is 0 Å². The van der Waals surface area contributed by atoms with Crippen LogP contribution in [0.3, 0.4) is 0 Å². The highest BCUT2D eigenvalue weighted by Gasteiger charge is 2.35. The van der Waals surface area contributed by atoms with Gasteiger partial charge in [0.1, 0.15) is 5.82 Å². The summed E-state index contributed by atoms with van der Waals surface area (Å²) in [6.45, 7) is 5.40. The van der Waals surface area contributed by atoms with Crippen LogP contribution in [0.4, 0.5) is 4.39 Å². The van der Waals surface area contributed by atoms with Gasteiger partial charge in [-0.2, -0.15) is 0 Å². The third kappa shape index (κ3) is 2.53. The molecule has 1 fully saturated rings. The van der Waals surface area contributed by atoms with Crippen LogP contribution in [0.5, 0.6) is 0 Å². The van der Waals surface area contributed by atoms with Crippen molar-refractivity contribution >= 4 is 5.97 Å². The number of hydrogen-bond acceptors (Lipinski definition) is 3. The second-order valence-corrected chi connectivity index (χ2v) is 4.62. The lowest BCUT2D eigenvalue weighted by molar-refractivity contribution is -0.147. The average molecular weight is 251 g/mol. The molecule has 1 saturated heterocycles. The summed E-state index contributed by atoms with van der Waals surface area (Å²) >= 11 is 0. The van der Waals surface area contributed by atoms with Crippen LogP contribution in [-0.2, 0) is 9.53 Å². The Labute approximate surface area is 106 Å². The molecule has 0 amide bonds. The van der Waals surface area contributed by atoms with E-state index in [2.05, 4.69) is 5.32 Å². The van der Waals surface area contributed by atoms with Gasteiger partial charge >= 0.3 is 5.97 Å². The van der Waals surface area contributed by atoms with Crippen molar-refractivity contribution in [2.75, 3.05) is 19.7 Å². The fourth-order valence-corrected chi connectivity index (χ4v) is 2.51. The molecule has 1 aliphatic heterocycles. The molecule has 0 bridgehead atoms. The minimum absolute atomic E-state index is 0.000231. The predicted octanol–water partition coefficient (Wildman–Crippen LogP) is 2.00. The number of halogens is 1. The van der Waals surface area contributed by atoms with Gasteiger partial charge in [-0.25, -0.2) is 4.39 Å². The summed E-state index contributed by atoms with van der Waals surface area (Å²) in [5, 5.41) is 3.18. The van der Waals surface area contributed by atoms with Gasteiger partial charge in [-0.15, -0.1) is 0 Å². The van der Waals surface area contributed by atoms with E-state index >= 15 is 0 Å². The molecule has 1 aromatic rings. The smallest absolute Gasteiger partial charge is 0.310 e. The molecule has 0 aliphatic carbocycles. The van der Waals surface area contributed by atoms with E-state index in [0.717, 1.165) is 11.1 Å². The summed E-state index contributed by atoms with van der Waals surface area (Å²) in [5.41, 5.74) is 1.91.